The van der Waals surface area contributed by atoms with Gasteiger partial charge in [-0.15, -0.1) is 0 Å². The number of rotatable bonds is 5. The van der Waals surface area contributed by atoms with Crippen molar-refractivity contribution in [3.05, 3.63) is 57.8 Å². The highest BCUT2D eigenvalue weighted by molar-refractivity contribution is 5.90. The average Bonchev–Trinajstić information content (AvgIpc) is 2.89. The van der Waals surface area contributed by atoms with Crippen LogP contribution in [-0.2, 0) is 6.54 Å². The maximum Gasteiger partial charge on any atom is 0.338 e. The Kier molecular flexibility index (Phi) is 3.65. The minimum atomic E-state index is -1.50. The van der Waals surface area contributed by atoms with E-state index >= 15 is 0 Å². The maximum absolute atomic E-state index is 13.4. The summed E-state index contributed by atoms with van der Waals surface area (Å²) in [7, 11) is 0. The molecular formula is C12H9FN2O5. The number of hydrogen-bond acceptors (Lipinski definition) is 5. The summed E-state index contributed by atoms with van der Waals surface area (Å²) in [5.41, 5.74) is -1.28. The van der Waals surface area contributed by atoms with Crippen molar-refractivity contribution in [3.8, 4) is 0 Å². The number of carbonyl (C=O) groups is 1. The van der Waals surface area contributed by atoms with Gasteiger partial charge in [0, 0.05) is 0 Å². The van der Waals surface area contributed by atoms with E-state index in [9.17, 15) is 19.3 Å². The van der Waals surface area contributed by atoms with E-state index < -0.39 is 28.0 Å². The molecule has 0 saturated heterocycles. The Morgan fingerprint density at radius 2 is 2.25 bits per heavy atom. The summed E-state index contributed by atoms with van der Waals surface area (Å²) in [6.45, 7) is 0.110. The first-order valence-corrected chi connectivity index (χ1v) is 5.46. The molecule has 1 aromatic heterocycles. The summed E-state index contributed by atoms with van der Waals surface area (Å²) >= 11 is 0. The first-order valence-electron chi connectivity index (χ1n) is 5.46. The number of halogens is 1. The monoisotopic (exact) mass is 280 g/mol. The summed E-state index contributed by atoms with van der Waals surface area (Å²) in [4.78, 5) is 20.9. The third-order valence-corrected chi connectivity index (χ3v) is 2.55. The summed E-state index contributed by atoms with van der Waals surface area (Å²) in [5.74, 6) is -2.16. The molecule has 0 saturated carbocycles. The average molecular weight is 280 g/mol. The highest BCUT2D eigenvalue weighted by atomic mass is 19.1. The Morgan fingerprint density at radius 1 is 1.50 bits per heavy atom. The number of aromatic carboxylic acids is 1. The van der Waals surface area contributed by atoms with E-state index in [0.29, 0.717) is 11.8 Å². The summed E-state index contributed by atoms with van der Waals surface area (Å²) in [6.07, 6.45) is 1.43. The number of carboxylic acids is 1. The van der Waals surface area contributed by atoms with Crippen molar-refractivity contribution >= 4 is 17.3 Å². The van der Waals surface area contributed by atoms with Crippen LogP contribution in [0.15, 0.2) is 34.9 Å². The first-order chi connectivity index (χ1) is 9.49. The smallest absolute Gasteiger partial charge is 0.338 e. The van der Waals surface area contributed by atoms with Gasteiger partial charge in [0.1, 0.15) is 17.3 Å². The Hall–Kier alpha value is -2.90. The van der Waals surface area contributed by atoms with Gasteiger partial charge < -0.3 is 14.8 Å². The van der Waals surface area contributed by atoms with Crippen LogP contribution < -0.4 is 5.32 Å². The fraction of sp³-hybridized carbons (Fsp3) is 0.0833. The Bertz CT molecular complexity index is 654. The molecule has 0 atom stereocenters. The first kappa shape index (κ1) is 13.5. The quantitative estimate of drug-likeness (QED) is 0.644. The SMILES string of the molecule is O=C(O)c1cc(NCc2ccco2)c([N+](=O)[O-])cc1F. The van der Waals surface area contributed by atoms with Crippen molar-refractivity contribution in [2.24, 2.45) is 0 Å². The second-order valence-electron chi connectivity index (χ2n) is 3.84. The van der Waals surface area contributed by atoms with E-state index in [-0.39, 0.29) is 12.2 Å². The third-order valence-electron chi connectivity index (χ3n) is 2.55. The lowest BCUT2D eigenvalue weighted by Gasteiger charge is -2.07. The van der Waals surface area contributed by atoms with Crippen LogP contribution in [-0.4, -0.2) is 16.0 Å². The number of furan rings is 1. The van der Waals surface area contributed by atoms with Crippen LogP contribution in [0.25, 0.3) is 0 Å². The topological polar surface area (TPSA) is 106 Å². The molecule has 0 bridgehead atoms. The molecule has 0 aliphatic carbocycles. The van der Waals surface area contributed by atoms with Crippen molar-refractivity contribution in [2.45, 2.75) is 6.54 Å². The number of benzene rings is 1. The minimum Gasteiger partial charge on any atom is -0.478 e. The van der Waals surface area contributed by atoms with E-state index in [0.717, 1.165) is 6.07 Å². The summed E-state index contributed by atoms with van der Waals surface area (Å²) in [5, 5.41) is 22.3. The number of nitrogens with one attached hydrogen (secondary N) is 1. The summed E-state index contributed by atoms with van der Waals surface area (Å²) in [6, 6.07) is 4.74. The zero-order valence-corrected chi connectivity index (χ0v) is 10.00. The molecule has 0 aliphatic rings. The molecular weight excluding hydrogens is 271 g/mol. The molecule has 7 nitrogen and oxygen atoms in total. The van der Waals surface area contributed by atoms with Crippen LogP contribution in [0.3, 0.4) is 0 Å². The molecule has 0 aliphatic heterocycles. The zero-order valence-electron chi connectivity index (χ0n) is 10.00. The molecule has 0 spiro atoms. The van der Waals surface area contributed by atoms with Crippen LogP contribution in [0.4, 0.5) is 15.8 Å². The van der Waals surface area contributed by atoms with Crippen LogP contribution in [0.5, 0.6) is 0 Å². The van der Waals surface area contributed by atoms with Crippen LogP contribution in [0, 0.1) is 15.9 Å². The van der Waals surface area contributed by atoms with Gasteiger partial charge in [-0.05, 0) is 18.2 Å². The highest BCUT2D eigenvalue weighted by Crippen LogP contribution is 2.28. The van der Waals surface area contributed by atoms with Crippen molar-refractivity contribution < 1.29 is 23.6 Å². The van der Waals surface area contributed by atoms with Gasteiger partial charge in [-0.1, -0.05) is 0 Å². The Labute approximate surface area is 111 Å². The lowest BCUT2D eigenvalue weighted by Crippen LogP contribution is -2.07. The van der Waals surface area contributed by atoms with E-state index in [1.165, 1.54) is 6.26 Å². The van der Waals surface area contributed by atoms with Gasteiger partial charge in [0.25, 0.3) is 5.69 Å². The molecule has 0 radical (unpaired) electrons. The third kappa shape index (κ3) is 2.74. The fourth-order valence-corrected chi connectivity index (χ4v) is 1.61. The molecule has 0 fully saturated rings. The Balaban J connectivity index is 2.35. The molecule has 2 aromatic rings. The van der Waals surface area contributed by atoms with Crippen molar-refractivity contribution in [1.29, 1.82) is 0 Å². The molecule has 104 valence electrons. The summed E-state index contributed by atoms with van der Waals surface area (Å²) < 4.78 is 18.5. The highest BCUT2D eigenvalue weighted by Gasteiger charge is 2.21. The van der Waals surface area contributed by atoms with Crippen molar-refractivity contribution in [2.75, 3.05) is 5.32 Å². The number of carboxylic acid groups (broad SMARTS) is 1. The molecule has 0 unspecified atom stereocenters. The van der Waals surface area contributed by atoms with Gasteiger partial charge >= 0.3 is 5.97 Å². The molecule has 20 heavy (non-hydrogen) atoms. The largest absolute Gasteiger partial charge is 0.478 e. The number of hydrogen-bond donors (Lipinski definition) is 2. The predicted octanol–water partition coefficient (Wildman–Crippen LogP) is 2.64. The van der Waals surface area contributed by atoms with Gasteiger partial charge in [0.15, 0.2) is 0 Å². The minimum absolute atomic E-state index is 0.0924. The predicted molar refractivity (Wildman–Crippen MR) is 66.0 cm³/mol. The lowest BCUT2D eigenvalue weighted by atomic mass is 10.1. The van der Waals surface area contributed by atoms with E-state index in [4.69, 9.17) is 9.52 Å². The number of nitro groups is 1. The van der Waals surface area contributed by atoms with Gasteiger partial charge in [0.05, 0.1) is 29.4 Å². The normalized spacial score (nSPS) is 10.2. The zero-order chi connectivity index (χ0) is 14.7. The maximum atomic E-state index is 13.4. The molecule has 0 amide bonds. The van der Waals surface area contributed by atoms with E-state index in [1.807, 2.05) is 0 Å². The standard InChI is InChI=1S/C12H9FN2O5/c13-9-5-11(15(18)19)10(4-8(9)12(16)17)14-6-7-2-1-3-20-7/h1-5,14H,6H2,(H,16,17). The second-order valence-corrected chi connectivity index (χ2v) is 3.84. The van der Waals surface area contributed by atoms with Crippen molar-refractivity contribution in [3.63, 3.8) is 0 Å². The van der Waals surface area contributed by atoms with Gasteiger partial charge in [-0.3, -0.25) is 10.1 Å². The number of nitro benzene ring substituents is 1. The van der Waals surface area contributed by atoms with E-state index in [2.05, 4.69) is 5.32 Å². The van der Waals surface area contributed by atoms with Crippen LogP contribution in [0.2, 0.25) is 0 Å². The van der Waals surface area contributed by atoms with Crippen molar-refractivity contribution in [1.82, 2.24) is 0 Å². The second kappa shape index (κ2) is 5.39. The Morgan fingerprint density at radius 3 is 2.80 bits per heavy atom. The van der Waals surface area contributed by atoms with Crippen LogP contribution in [0.1, 0.15) is 16.1 Å². The lowest BCUT2D eigenvalue weighted by molar-refractivity contribution is -0.384. The molecule has 2 rings (SSSR count). The van der Waals surface area contributed by atoms with E-state index in [1.54, 1.807) is 12.1 Å². The molecule has 8 heteroatoms. The molecule has 1 aromatic carbocycles. The van der Waals surface area contributed by atoms with Gasteiger partial charge in [0.2, 0.25) is 0 Å². The van der Waals surface area contributed by atoms with Gasteiger partial charge in [-0.25, -0.2) is 9.18 Å². The molecule has 1 heterocycles. The number of nitrogens with zero attached hydrogens (tertiary/aromatic N) is 1. The number of anilines is 1. The molecule has 2 N–H and O–H groups in total. The van der Waals surface area contributed by atoms with Gasteiger partial charge in [-0.2, -0.15) is 0 Å². The fourth-order valence-electron chi connectivity index (χ4n) is 1.61. The van der Waals surface area contributed by atoms with Crippen LogP contribution >= 0.6 is 0 Å².